The Bertz CT molecular complexity index is 303. The molecule has 0 aromatic rings. The second-order valence-electron chi connectivity index (χ2n) is 7.57. The van der Waals surface area contributed by atoms with E-state index < -0.39 is 17.6 Å². The van der Waals surface area contributed by atoms with E-state index in [-0.39, 0.29) is 5.54 Å². The summed E-state index contributed by atoms with van der Waals surface area (Å²) in [5, 5.41) is 0. The van der Waals surface area contributed by atoms with E-state index in [4.69, 9.17) is 13.3 Å². The maximum absolute atomic E-state index is 6.28. The van der Waals surface area contributed by atoms with Crippen molar-refractivity contribution in [2.24, 2.45) is 0 Å². The van der Waals surface area contributed by atoms with Crippen LogP contribution in [-0.2, 0) is 13.3 Å². The minimum Gasteiger partial charge on any atom is -0.374 e. The van der Waals surface area contributed by atoms with Crippen molar-refractivity contribution in [3.8, 4) is 0 Å². The van der Waals surface area contributed by atoms with Crippen molar-refractivity contribution >= 4 is 17.6 Å². The molecule has 0 rings (SSSR count). The Hall–Kier alpha value is 0.274. The van der Waals surface area contributed by atoms with Gasteiger partial charge in [0.2, 0.25) is 0 Å². The zero-order valence-corrected chi connectivity index (χ0v) is 19.2. The molecule has 0 fully saturated rings. The quantitative estimate of drug-likeness (QED) is 0.491. The molecule has 0 N–H and O–H groups in total. The van der Waals surface area contributed by atoms with Crippen LogP contribution in [0.2, 0.25) is 19.6 Å². The minimum absolute atomic E-state index is 0.162. The molecule has 140 valence electrons. The van der Waals surface area contributed by atoms with Crippen LogP contribution in [0.1, 0.15) is 54.4 Å². The zero-order valence-electron chi connectivity index (χ0n) is 17.1. The minimum atomic E-state index is -2.50. The van der Waals surface area contributed by atoms with Gasteiger partial charge in [-0.3, -0.25) is 4.90 Å². The van der Waals surface area contributed by atoms with Crippen molar-refractivity contribution in [1.29, 1.82) is 0 Å². The fourth-order valence-electron chi connectivity index (χ4n) is 2.86. The second-order valence-corrected chi connectivity index (χ2v) is 13.4. The molecule has 0 aromatic carbocycles. The lowest BCUT2D eigenvalue weighted by molar-refractivity contribution is 0.0359. The highest BCUT2D eigenvalue weighted by atomic mass is 28.4. The van der Waals surface area contributed by atoms with Gasteiger partial charge in [-0.25, -0.2) is 0 Å². The van der Waals surface area contributed by atoms with Crippen molar-refractivity contribution < 1.29 is 13.3 Å². The SMILES string of the molecule is CCCCN(C(CO[Si](C)(OCC)OCC)[SiH](C)C)C(C)(C)C. The lowest BCUT2D eigenvalue weighted by Gasteiger charge is -2.44. The highest BCUT2D eigenvalue weighted by Crippen LogP contribution is 2.22. The normalized spacial score (nSPS) is 14.7. The first kappa shape index (κ1) is 23.3. The van der Waals surface area contributed by atoms with E-state index >= 15 is 0 Å². The average Bonchev–Trinajstić information content (AvgIpc) is 2.41. The van der Waals surface area contributed by atoms with Crippen molar-refractivity contribution in [1.82, 2.24) is 4.90 Å². The highest BCUT2D eigenvalue weighted by Gasteiger charge is 2.38. The molecular weight excluding hydrogens is 322 g/mol. The molecule has 0 heterocycles. The number of unbranched alkanes of at least 4 members (excludes halogenated alkanes) is 1. The van der Waals surface area contributed by atoms with Crippen LogP contribution in [0.25, 0.3) is 0 Å². The highest BCUT2D eigenvalue weighted by molar-refractivity contribution is 6.60. The summed E-state index contributed by atoms with van der Waals surface area (Å²) >= 11 is 0. The van der Waals surface area contributed by atoms with Crippen LogP contribution in [0, 0.1) is 0 Å². The van der Waals surface area contributed by atoms with Gasteiger partial charge < -0.3 is 13.3 Å². The third kappa shape index (κ3) is 8.79. The third-order valence-corrected chi connectivity index (χ3v) is 8.52. The maximum Gasteiger partial charge on any atom is 0.497 e. The van der Waals surface area contributed by atoms with Crippen LogP contribution < -0.4 is 0 Å². The van der Waals surface area contributed by atoms with Crippen LogP contribution >= 0.6 is 0 Å². The Labute approximate surface area is 147 Å². The van der Waals surface area contributed by atoms with Crippen molar-refractivity contribution in [2.45, 2.75) is 85.2 Å². The monoisotopic (exact) mass is 363 g/mol. The van der Waals surface area contributed by atoms with Crippen LogP contribution in [0.4, 0.5) is 0 Å². The van der Waals surface area contributed by atoms with Gasteiger partial charge in [-0.2, -0.15) is 0 Å². The van der Waals surface area contributed by atoms with Crippen LogP contribution in [0.3, 0.4) is 0 Å². The Morgan fingerprint density at radius 1 is 1.00 bits per heavy atom. The number of hydrogen-bond acceptors (Lipinski definition) is 4. The molecule has 0 saturated carbocycles. The van der Waals surface area contributed by atoms with Gasteiger partial charge in [-0.05, 0) is 47.6 Å². The summed E-state index contributed by atoms with van der Waals surface area (Å²) in [5.41, 5.74) is 0.671. The van der Waals surface area contributed by atoms with Crippen LogP contribution in [-0.4, -0.2) is 60.1 Å². The summed E-state index contributed by atoms with van der Waals surface area (Å²) in [4.78, 5) is 2.65. The molecule has 23 heavy (non-hydrogen) atoms. The summed E-state index contributed by atoms with van der Waals surface area (Å²) in [5.74, 6) is 0. The standard InChI is InChI=1S/C17H41NO3Si2/c1-10-13-14-18(17(4,5)6)16(22(7)8)15-21-23(9,19-11-2)20-12-3/h16,22H,10-15H2,1-9H3. The summed E-state index contributed by atoms with van der Waals surface area (Å²) in [7, 11) is -3.40. The van der Waals surface area contributed by atoms with E-state index in [1.165, 1.54) is 12.8 Å². The van der Waals surface area contributed by atoms with E-state index in [0.717, 1.165) is 13.2 Å². The first-order chi connectivity index (χ1) is 10.6. The van der Waals surface area contributed by atoms with E-state index in [9.17, 15) is 0 Å². The molecular formula is C17H41NO3Si2. The third-order valence-electron chi connectivity index (χ3n) is 4.11. The second kappa shape index (κ2) is 11.0. The van der Waals surface area contributed by atoms with Crippen LogP contribution in [0.15, 0.2) is 0 Å². The van der Waals surface area contributed by atoms with Gasteiger partial charge in [0.1, 0.15) is 0 Å². The maximum atomic E-state index is 6.28. The van der Waals surface area contributed by atoms with Gasteiger partial charge in [0.05, 0.1) is 15.4 Å². The first-order valence-electron chi connectivity index (χ1n) is 9.29. The van der Waals surface area contributed by atoms with Gasteiger partial charge in [-0.15, -0.1) is 0 Å². The first-order valence-corrected chi connectivity index (χ1v) is 14.5. The number of hydrogen-bond donors (Lipinski definition) is 0. The van der Waals surface area contributed by atoms with Gasteiger partial charge in [0.25, 0.3) is 0 Å². The average molecular weight is 364 g/mol. The number of nitrogens with zero attached hydrogens (tertiary/aromatic N) is 1. The Morgan fingerprint density at radius 3 is 1.87 bits per heavy atom. The van der Waals surface area contributed by atoms with Gasteiger partial charge >= 0.3 is 8.80 Å². The summed E-state index contributed by atoms with van der Waals surface area (Å²) in [6.45, 7) is 23.2. The lowest BCUT2D eigenvalue weighted by Crippen LogP contribution is -2.57. The molecule has 6 heteroatoms. The summed E-state index contributed by atoms with van der Waals surface area (Å²) < 4.78 is 18.0. The van der Waals surface area contributed by atoms with Gasteiger partial charge in [-0.1, -0.05) is 26.4 Å². The van der Waals surface area contributed by atoms with Crippen molar-refractivity contribution in [2.75, 3.05) is 26.4 Å². The van der Waals surface area contributed by atoms with E-state index in [1.807, 2.05) is 20.4 Å². The Kier molecular flexibility index (Phi) is 11.1. The smallest absolute Gasteiger partial charge is 0.374 e. The fourth-order valence-corrected chi connectivity index (χ4v) is 6.62. The Balaban J connectivity index is 5.06. The van der Waals surface area contributed by atoms with Gasteiger partial charge in [0, 0.05) is 31.0 Å². The van der Waals surface area contributed by atoms with Crippen molar-refractivity contribution in [3.63, 3.8) is 0 Å². The molecule has 0 spiro atoms. The predicted octanol–water partition coefficient (Wildman–Crippen LogP) is 3.94. The van der Waals surface area contributed by atoms with E-state index in [2.05, 4.69) is 45.7 Å². The molecule has 0 saturated heterocycles. The molecule has 0 aliphatic rings. The lowest BCUT2D eigenvalue weighted by atomic mass is 10.1. The fraction of sp³-hybridized carbons (Fsp3) is 1.00. The Morgan fingerprint density at radius 2 is 1.52 bits per heavy atom. The van der Waals surface area contributed by atoms with E-state index in [1.54, 1.807) is 0 Å². The molecule has 0 amide bonds. The molecule has 1 atom stereocenters. The summed E-state index contributed by atoms with van der Waals surface area (Å²) in [6.07, 6.45) is 2.46. The predicted molar refractivity (Wildman–Crippen MR) is 105 cm³/mol. The number of rotatable bonds is 12. The molecule has 0 bridgehead atoms. The molecule has 1 unspecified atom stereocenters. The molecule has 4 nitrogen and oxygen atoms in total. The molecule has 0 aliphatic carbocycles. The van der Waals surface area contributed by atoms with Crippen LogP contribution in [0.5, 0.6) is 0 Å². The topological polar surface area (TPSA) is 30.9 Å². The molecule has 0 radical (unpaired) electrons. The summed E-state index contributed by atoms with van der Waals surface area (Å²) in [6, 6.07) is 0. The largest absolute Gasteiger partial charge is 0.497 e. The van der Waals surface area contributed by atoms with Crippen molar-refractivity contribution in [3.05, 3.63) is 0 Å². The zero-order chi connectivity index (χ0) is 18.1. The van der Waals surface area contributed by atoms with E-state index in [0.29, 0.717) is 18.9 Å². The van der Waals surface area contributed by atoms with Gasteiger partial charge in [0.15, 0.2) is 0 Å². The molecule has 0 aromatic heterocycles. The molecule has 0 aliphatic heterocycles.